The fourth-order valence-electron chi connectivity index (χ4n) is 3.65. The van der Waals surface area contributed by atoms with E-state index < -0.39 is 0 Å². The summed E-state index contributed by atoms with van der Waals surface area (Å²) in [6.07, 6.45) is 2.66. The van der Waals surface area contributed by atoms with Gasteiger partial charge in [-0.2, -0.15) is 4.98 Å². The molecule has 1 saturated heterocycles. The second-order valence-corrected chi connectivity index (χ2v) is 8.43. The van der Waals surface area contributed by atoms with Gasteiger partial charge in [0.1, 0.15) is 5.82 Å². The maximum absolute atomic E-state index is 13.4. The first-order valence-corrected chi connectivity index (χ1v) is 11.2. The normalized spacial score (nSPS) is 16.3. The van der Waals surface area contributed by atoms with Crippen molar-refractivity contribution in [2.45, 2.75) is 31.6 Å². The van der Waals surface area contributed by atoms with Crippen molar-refractivity contribution in [1.29, 1.82) is 0 Å². The highest BCUT2D eigenvalue weighted by atomic mass is 32.1. The van der Waals surface area contributed by atoms with E-state index in [0.717, 1.165) is 12.8 Å². The van der Waals surface area contributed by atoms with E-state index >= 15 is 0 Å². The highest BCUT2D eigenvalue weighted by molar-refractivity contribution is 7.12. The molecule has 1 aliphatic rings. The van der Waals surface area contributed by atoms with Crippen molar-refractivity contribution in [2.75, 3.05) is 19.6 Å². The summed E-state index contributed by atoms with van der Waals surface area (Å²) >= 11 is 1.39. The minimum atomic E-state index is -0.357. The van der Waals surface area contributed by atoms with Crippen molar-refractivity contribution in [2.24, 2.45) is 0 Å². The third-order valence-electron chi connectivity index (χ3n) is 5.25. The van der Waals surface area contributed by atoms with E-state index in [4.69, 9.17) is 4.52 Å². The van der Waals surface area contributed by atoms with Crippen LogP contribution < -0.4 is 5.32 Å². The quantitative estimate of drug-likeness (QED) is 0.562. The maximum atomic E-state index is 13.4. The van der Waals surface area contributed by atoms with Crippen molar-refractivity contribution < 1.29 is 18.5 Å². The molecule has 1 unspecified atom stereocenters. The van der Waals surface area contributed by atoms with Crippen molar-refractivity contribution in [3.05, 3.63) is 58.4 Å². The van der Waals surface area contributed by atoms with Crippen LogP contribution in [-0.2, 0) is 4.79 Å². The first kappa shape index (κ1) is 21.2. The van der Waals surface area contributed by atoms with Crippen LogP contribution in [0.2, 0.25) is 0 Å². The van der Waals surface area contributed by atoms with Gasteiger partial charge < -0.3 is 14.7 Å². The number of nitrogens with one attached hydrogen (secondary N) is 1. The minimum Gasteiger partial charge on any atom is -0.351 e. The fraction of sp³-hybridized carbons (Fsp3) is 0.364. The highest BCUT2D eigenvalue weighted by Gasteiger charge is 2.28. The van der Waals surface area contributed by atoms with E-state index in [1.165, 1.54) is 23.5 Å². The molecule has 2 aromatic heterocycles. The average Bonchev–Trinajstić information content (AvgIpc) is 3.49. The van der Waals surface area contributed by atoms with Crippen molar-refractivity contribution in [3.63, 3.8) is 0 Å². The van der Waals surface area contributed by atoms with Gasteiger partial charge in [0.15, 0.2) is 0 Å². The summed E-state index contributed by atoms with van der Waals surface area (Å²) in [5, 5.41) is 8.67. The van der Waals surface area contributed by atoms with Gasteiger partial charge in [-0.25, -0.2) is 4.39 Å². The van der Waals surface area contributed by atoms with E-state index in [1.807, 2.05) is 16.3 Å². The summed E-state index contributed by atoms with van der Waals surface area (Å²) in [7, 11) is 0. The molecule has 0 spiro atoms. The summed E-state index contributed by atoms with van der Waals surface area (Å²) in [6, 6.07) is 9.66. The SMILES string of the molecule is O=C(NCCCC(=O)N1CCCC(c2nc(-c3cccc(F)c3)no2)C1)c1cccs1. The largest absolute Gasteiger partial charge is 0.351 e. The Balaban J connectivity index is 1.27. The summed E-state index contributed by atoms with van der Waals surface area (Å²) in [5.41, 5.74) is 0.559. The molecule has 0 bridgehead atoms. The molecule has 1 aliphatic heterocycles. The third-order valence-corrected chi connectivity index (χ3v) is 6.11. The molecule has 1 fully saturated rings. The standard InChI is InChI=1S/C22H23FN4O3S/c23-17-7-1-5-15(13-17)20-25-22(30-26-20)16-6-3-11-27(14-16)19(28)9-2-10-24-21(29)18-8-4-12-31-18/h1,4-5,7-8,12-13,16H,2-3,6,9-11,14H2,(H,24,29). The van der Waals surface area contributed by atoms with Crippen molar-refractivity contribution in [3.8, 4) is 11.4 Å². The van der Waals surface area contributed by atoms with Gasteiger partial charge in [-0.1, -0.05) is 23.4 Å². The number of amides is 2. The molecule has 31 heavy (non-hydrogen) atoms. The van der Waals surface area contributed by atoms with Gasteiger partial charge in [0.25, 0.3) is 5.91 Å². The Morgan fingerprint density at radius 3 is 3.00 bits per heavy atom. The molecule has 7 nitrogen and oxygen atoms in total. The van der Waals surface area contributed by atoms with Crippen LogP contribution in [0.5, 0.6) is 0 Å². The number of carbonyl (C=O) groups excluding carboxylic acids is 2. The molecular formula is C22H23FN4O3S. The van der Waals surface area contributed by atoms with Gasteiger partial charge in [-0.3, -0.25) is 9.59 Å². The second-order valence-electron chi connectivity index (χ2n) is 7.48. The zero-order valence-corrected chi connectivity index (χ0v) is 17.7. The lowest BCUT2D eigenvalue weighted by Gasteiger charge is -2.31. The smallest absolute Gasteiger partial charge is 0.261 e. The lowest BCUT2D eigenvalue weighted by molar-refractivity contribution is -0.132. The minimum absolute atomic E-state index is 0.0361. The Hall–Kier alpha value is -3.07. The van der Waals surface area contributed by atoms with Crippen LogP contribution in [0.1, 0.15) is 47.2 Å². The van der Waals surface area contributed by atoms with Crippen LogP contribution >= 0.6 is 11.3 Å². The lowest BCUT2D eigenvalue weighted by atomic mass is 9.97. The van der Waals surface area contributed by atoms with Gasteiger partial charge in [0.05, 0.1) is 10.8 Å². The van der Waals surface area contributed by atoms with Gasteiger partial charge >= 0.3 is 0 Å². The number of rotatable bonds is 7. The number of aromatic nitrogens is 2. The van der Waals surface area contributed by atoms with Crippen LogP contribution in [0.25, 0.3) is 11.4 Å². The lowest BCUT2D eigenvalue weighted by Crippen LogP contribution is -2.39. The molecule has 3 aromatic rings. The Morgan fingerprint density at radius 2 is 2.19 bits per heavy atom. The van der Waals surface area contributed by atoms with Crippen molar-refractivity contribution >= 4 is 23.2 Å². The van der Waals surface area contributed by atoms with Crippen LogP contribution in [0.4, 0.5) is 4.39 Å². The first-order chi connectivity index (χ1) is 15.1. The monoisotopic (exact) mass is 442 g/mol. The molecule has 0 saturated carbocycles. The second kappa shape index (κ2) is 9.82. The number of benzene rings is 1. The predicted molar refractivity (Wildman–Crippen MR) is 114 cm³/mol. The van der Waals surface area contributed by atoms with Crippen LogP contribution in [0.3, 0.4) is 0 Å². The number of hydrogen-bond acceptors (Lipinski definition) is 6. The molecular weight excluding hydrogens is 419 g/mol. The molecule has 1 atom stereocenters. The van der Waals surface area contributed by atoms with E-state index in [0.29, 0.717) is 54.6 Å². The zero-order chi connectivity index (χ0) is 21.6. The fourth-order valence-corrected chi connectivity index (χ4v) is 4.29. The molecule has 4 rings (SSSR count). The van der Waals surface area contributed by atoms with Gasteiger partial charge in [-0.15, -0.1) is 11.3 Å². The van der Waals surface area contributed by atoms with Crippen LogP contribution in [-0.4, -0.2) is 46.5 Å². The molecule has 0 aliphatic carbocycles. The topological polar surface area (TPSA) is 88.3 Å². The number of likely N-dealkylation sites (tertiary alicyclic amines) is 1. The maximum Gasteiger partial charge on any atom is 0.261 e. The van der Waals surface area contributed by atoms with Crippen LogP contribution in [0.15, 0.2) is 46.3 Å². The molecule has 2 amide bonds. The van der Waals surface area contributed by atoms with Crippen molar-refractivity contribution in [1.82, 2.24) is 20.4 Å². The number of carbonyl (C=O) groups is 2. The number of nitrogens with zero attached hydrogens (tertiary/aromatic N) is 3. The number of hydrogen-bond donors (Lipinski definition) is 1. The first-order valence-electron chi connectivity index (χ1n) is 10.3. The van der Waals surface area contributed by atoms with Gasteiger partial charge in [-0.05, 0) is 42.8 Å². The molecule has 3 heterocycles. The Labute approximate surface area is 183 Å². The van der Waals surface area contributed by atoms with E-state index in [1.54, 1.807) is 18.2 Å². The van der Waals surface area contributed by atoms with Gasteiger partial charge in [0.2, 0.25) is 17.6 Å². The summed E-state index contributed by atoms with van der Waals surface area (Å²) in [4.78, 5) is 31.5. The summed E-state index contributed by atoms with van der Waals surface area (Å²) < 4.78 is 18.9. The molecule has 9 heteroatoms. The number of halogens is 1. The van der Waals surface area contributed by atoms with Gasteiger partial charge in [0, 0.05) is 31.6 Å². The molecule has 1 aromatic carbocycles. The third kappa shape index (κ3) is 5.35. The molecule has 162 valence electrons. The molecule has 1 N–H and O–H groups in total. The van der Waals surface area contributed by atoms with E-state index in [-0.39, 0.29) is 23.5 Å². The summed E-state index contributed by atoms with van der Waals surface area (Å²) in [5.74, 6) is 0.376. The number of thiophene rings is 1. The highest BCUT2D eigenvalue weighted by Crippen LogP contribution is 2.28. The van der Waals surface area contributed by atoms with Crippen LogP contribution in [0, 0.1) is 5.82 Å². The van der Waals surface area contributed by atoms with E-state index in [9.17, 15) is 14.0 Å². The number of piperidine rings is 1. The Kier molecular flexibility index (Phi) is 6.71. The Morgan fingerprint density at radius 1 is 1.29 bits per heavy atom. The average molecular weight is 443 g/mol. The summed E-state index contributed by atoms with van der Waals surface area (Å²) in [6.45, 7) is 1.67. The zero-order valence-electron chi connectivity index (χ0n) is 16.9. The molecule has 0 radical (unpaired) electrons. The Bertz CT molecular complexity index is 1040. The van der Waals surface area contributed by atoms with E-state index in [2.05, 4.69) is 15.5 Å². The predicted octanol–water partition coefficient (Wildman–Crippen LogP) is 3.85.